The van der Waals surface area contributed by atoms with Gasteiger partial charge in [-0.3, -0.25) is 4.79 Å². The van der Waals surface area contributed by atoms with E-state index in [0.29, 0.717) is 31.1 Å². The highest BCUT2D eigenvalue weighted by molar-refractivity contribution is 5.93. The number of nitrogens with two attached hydrogens (primary N) is 1. The van der Waals surface area contributed by atoms with Gasteiger partial charge in [0, 0.05) is 26.3 Å². The van der Waals surface area contributed by atoms with Gasteiger partial charge in [0.15, 0.2) is 0 Å². The first-order valence-electron chi connectivity index (χ1n) is 5.94. The van der Waals surface area contributed by atoms with E-state index >= 15 is 0 Å². The molecule has 1 aliphatic rings. The molecule has 0 aromatic carbocycles. The number of morpholine rings is 1. The lowest BCUT2D eigenvalue weighted by Gasteiger charge is -2.32. The zero-order valence-electron chi connectivity index (χ0n) is 10.3. The van der Waals surface area contributed by atoms with Crippen molar-refractivity contribution in [3.8, 4) is 0 Å². The van der Waals surface area contributed by atoms with Crippen LogP contribution in [0.5, 0.6) is 0 Å². The summed E-state index contributed by atoms with van der Waals surface area (Å²) >= 11 is 0. The molecule has 0 radical (unpaired) electrons. The van der Waals surface area contributed by atoms with Crippen LogP contribution in [0.15, 0.2) is 12.3 Å². The maximum absolute atomic E-state index is 12.3. The second kappa shape index (κ2) is 4.79. The number of carbonyl (C=O) groups is 1. The molecule has 1 amide bonds. The molecule has 2 rings (SSSR count). The molecule has 1 aliphatic heterocycles. The van der Waals surface area contributed by atoms with Gasteiger partial charge in [-0.25, -0.2) is 0 Å². The molecule has 1 aromatic heterocycles. The first kappa shape index (κ1) is 12.0. The number of hydrogen-bond donors (Lipinski definition) is 1. The van der Waals surface area contributed by atoms with Crippen LogP contribution in [0.1, 0.15) is 23.8 Å². The number of amides is 1. The Morgan fingerprint density at radius 3 is 3.00 bits per heavy atom. The Hall–Kier alpha value is -1.49. The van der Waals surface area contributed by atoms with Crippen molar-refractivity contribution in [1.29, 1.82) is 0 Å². The lowest BCUT2D eigenvalue weighted by atomic mass is 10.2. The molecule has 2 heterocycles. The number of rotatable bonds is 2. The van der Waals surface area contributed by atoms with Gasteiger partial charge in [0.2, 0.25) is 0 Å². The highest BCUT2D eigenvalue weighted by Crippen LogP contribution is 2.15. The number of anilines is 1. The Morgan fingerprint density at radius 2 is 2.41 bits per heavy atom. The predicted molar refractivity (Wildman–Crippen MR) is 65.8 cm³/mol. The third-order valence-corrected chi connectivity index (χ3v) is 3.13. The number of hydrogen-bond acceptors (Lipinski definition) is 3. The van der Waals surface area contributed by atoms with Crippen molar-refractivity contribution >= 4 is 11.6 Å². The van der Waals surface area contributed by atoms with Crippen molar-refractivity contribution in [2.45, 2.75) is 19.4 Å². The summed E-state index contributed by atoms with van der Waals surface area (Å²) in [6, 6.07) is 1.72. The largest absolute Gasteiger partial charge is 0.397 e. The fourth-order valence-electron chi connectivity index (χ4n) is 2.12. The van der Waals surface area contributed by atoms with Crippen molar-refractivity contribution in [1.82, 2.24) is 9.47 Å². The maximum atomic E-state index is 12.3. The van der Waals surface area contributed by atoms with Crippen molar-refractivity contribution in [3.05, 3.63) is 18.0 Å². The van der Waals surface area contributed by atoms with E-state index in [1.165, 1.54) is 0 Å². The van der Waals surface area contributed by atoms with Crippen molar-refractivity contribution in [3.63, 3.8) is 0 Å². The van der Waals surface area contributed by atoms with Crippen LogP contribution in [-0.2, 0) is 11.8 Å². The van der Waals surface area contributed by atoms with Gasteiger partial charge < -0.3 is 19.9 Å². The van der Waals surface area contributed by atoms with Crippen LogP contribution in [0.4, 0.5) is 5.69 Å². The van der Waals surface area contributed by atoms with Gasteiger partial charge in [0.1, 0.15) is 5.69 Å². The average molecular weight is 237 g/mol. The lowest BCUT2D eigenvalue weighted by Crippen LogP contribution is -2.45. The number of carbonyl (C=O) groups excluding carboxylic acids is 1. The highest BCUT2D eigenvalue weighted by atomic mass is 16.5. The normalized spacial score (nSPS) is 20.6. The highest BCUT2D eigenvalue weighted by Gasteiger charge is 2.25. The van der Waals surface area contributed by atoms with E-state index in [0.717, 1.165) is 6.42 Å². The molecule has 2 N–H and O–H groups in total. The fourth-order valence-corrected chi connectivity index (χ4v) is 2.12. The molecular formula is C12H19N3O2. The summed E-state index contributed by atoms with van der Waals surface area (Å²) in [5.41, 5.74) is 6.94. The SMILES string of the molecule is CCC1CN(C(=O)c2cc(N)cn2C)CCO1. The first-order chi connectivity index (χ1) is 8.11. The summed E-state index contributed by atoms with van der Waals surface area (Å²) in [7, 11) is 1.83. The van der Waals surface area contributed by atoms with E-state index < -0.39 is 0 Å². The molecule has 1 aromatic rings. The summed E-state index contributed by atoms with van der Waals surface area (Å²) in [4.78, 5) is 14.1. The molecule has 1 atom stereocenters. The Bertz CT molecular complexity index is 414. The molecular weight excluding hydrogens is 218 g/mol. The number of aryl methyl sites for hydroxylation is 1. The van der Waals surface area contributed by atoms with Gasteiger partial charge in [-0.2, -0.15) is 0 Å². The number of nitrogens with zero attached hydrogens (tertiary/aromatic N) is 2. The van der Waals surface area contributed by atoms with E-state index in [4.69, 9.17) is 10.5 Å². The van der Waals surface area contributed by atoms with Gasteiger partial charge in [0.05, 0.1) is 18.4 Å². The minimum atomic E-state index is 0.0333. The van der Waals surface area contributed by atoms with Crippen LogP contribution in [-0.4, -0.2) is 41.2 Å². The van der Waals surface area contributed by atoms with Gasteiger partial charge in [-0.15, -0.1) is 0 Å². The van der Waals surface area contributed by atoms with Crippen LogP contribution in [0, 0.1) is 0 Å². The summed E-state index contributed by atoms with van der Waals surface area (Å²) < 4.78 is 7.33. The Kier molecular flexibility index (Phi) is 3.38. The van der Waals surface area contributed by atoms with Crippen LogP contribution >= 0.6 is 0 Å². The van der Waals surface area contributed by atoms with Crippen LogP contribution in [0.25, 0.3) is 0 Å². The number of nitrogen functional groups attached to an aromatic ring is 1. The minimum Gasteiger partial charge on any atom is -0.397 e. The predicted octanol–water partition coefficient (Wildman–Crippen LogP) is 0.858. The molecule has 0 bridgehead atoms. The topological polar surface area (TPSA) is 60.5 Å². The Labute approximate surface area is 101 Å². The third-order valence-electron chi connectivity index (χ3n) is 3.13. The maximum Gasteiger partial charge on any atom is 0.270 e. The van der Waals surface area contributed by atoms with Gasteiger partial charge in [-0.05, 0) is 12.5 Å². The monoisotopic (exact) mass is 237 g/mol. The first-order valence-corrected chi connectivity index (χ1v) is 5.94. The van der Waals surface area contributed by atoms with Crippen LogP contribution in [0.2, 0.25) is 0 Å². The average Bonchev–Trinajstić information content (AvgIpc) is 2.67. The van der Waals surface area contributed by atoms with Gasteiger partial charge in [0.25, 0.3) is 5.91 Å². The second-order valence-electron chi connectivity index (χ2n) is 4.42. The van der Waals surface area contributed by atoms with E-state index in [1.807, 2.05) is 11.9 Å². The molecule has 17 heavy (non-hydrogen) atoms. The minimum absolute atomic E-state index is 0.0333. The molecule has 0 saturated carbocycles. The fraction of sp³-hybridized carbons (Fsp3) is 0.583. The molecule has 1 saturated heterocycles. The third kappa shape index (κ3) is 2.44. The molecule has 0 spiro atoms. The molecule has 1 fully saturated rings. The van der Waals surface area contributed by atoms with Crippen LogP contribution in [0.3, 0.4) is 0 Å². The molecule has 1 unspecified atom stereocenters. The Balaban J connectivity index is 2.12. The van der Waals surface area contributed by atoms with E-state index in [1.54, 1.807) is 16.8 Å². The van der Waals surface area contributed by atoms with E-state index in [-0.39, 0.29) is 12.0 Å². The van der Waals surface area contributed by atoms with Crippen molar-refractivity contribution in [2.24, 2.45) is 7.05 Å². The smallest absolute Gasteiger partial charge is 0.270 e. The number of ether oxygens (including phenoxy) is 1. The summed E-state index contributed by atoms with van der Waals surface area (Å²) in [6.07, 6.45) is 2.84. The van der Waals surface area contributed by atoms with Crippen molar-refractivity contribution in [2.75, 3.05) is 25.4 Å². The van der Waals surface area contributed by atoms with E-state index in [9.17, 15) is 4.79 Å². The zero-order chi connectivity index (χ0) is 12.4. The molecule has 5 heteroatoms. The molecule has 5 nitrogen and oxygen atoms in total. The summed E-state index contributed by atoms with van der Waals surface area (Å²) in [5.74, 6) is 0.0333. The van der Waals surface area contributed by atoms with Gasteiger partial charge >= 0.3 is 0 Å². The van der Waals surface area contributed by atoms with Crippen LogP contribution < -0.4 is 5.73 Å². The lowest BCUT2D eigenvalue weighted by molar-refractivity contribution is -0.0229. The quantitative estimate of drug-likeness (QED) is 0.829. The Morgan fingerprint density at radius 1 is 1.65 bits per heavy atom. The summed E-state index contributed by atoms with van der Waals surface area (Å²) in [5, 5.41) is 0. The molecule has 0 aliphatic carbocycles. The van der Waals surface area contributed by atoms with E-state index in [2.05, 4.69) is 6.92 Å². The summed E-state index contributed by atoms with van der Waals surface area (Å²) in [6.45, 7) is 4.00. The molecule has 94 valence electrons. The van der Waals surface area contributed by atoms with Crippen molar-refractivity contribution < 1.29 is 9.53 Å². The number of aromatic nitrogens is 1. The zero-order valence-corrected chi connectivity index (χ0v) is 10.3. The van der Waals surface area contributed by atoms with Gasteiger partial charge in [-0.1, -0.05) is 6.92 Å². The standard InChI is InChI=1S/C12H19N3O2/c1-3-10-8-15(4-5-17-10)12(16)11-6-9(13)7-14(11)2/h6-7,10H,3-5,8,13H2,1-2H3. The second-order valence-corrected chi connectivity index (χ2v) is 4.42.